The maximum atomic E-state index is 13.6. The van der Waals surface area contributed by atoms with Crippen LogP contribution in [0.15, 0.2) is 0 Å². The molecular formula is C66H102Cl3NO29. The van der Waals surface area contributed by atoms with Gasteiger partial charge in [-0.1, -0.05) is 111 Å². The molecule has 0 aromatic carbocycles. The van der Waals surface area contributed by atoms with Crippen molar-refractivity contribution in [1.29, 1.82) is 5.41 Å². The Morgan fingerprint density at radius 3 is 0.960 bits per heavy atom. The van der Waals surface area contributed by atoms with E-state index in [4.69, 9.17) is 140 Å². The number of carbonyl (C=O) groups is 7. The Kier molecular flexibility index (Phi) is 30.1. The summed E-state index contributed by atoms with van der Waals surface area (Å²) in [5.41, 5.74) is 0. The van der Waals surface area contributed by atoms with E-state index in [2.05, 4.69) is 0 Å². The summed E-state index contributed by atoms with van der Waals surface area (Å²) in [6.07, 6.45) is -26.3. The van der Waals surface area contributed by atoms with Gasteiger partial charge in [0.1, 0.15) is 31.0 Å². The lowest BCUT2D eigenvalue weighted by Crippen LogP contribution is -2.65. The van der Waals surface area contributed by atoms with E-state index in [0.717, 1.165) is 13.8 Å². The van der Waals surface area contributed by atoms with Gasteiger partial charge in [0, 0.05) is 89.9 Å². The van der Waals surface area contributed by atoms with Gasteiger partial charge in [0.15, 0.2) is 74.4 Å². The zero-order valence-corrected chi connectivity index (χ0v) is 61.7. The Morgan fingerprint density at radius 1 is 0.354 bits per heavy atom. The summed E-state index contributed by atoms with van der Waals surface area (Å²) in [6.45, 7) is 28.1. The van der Waals surface area contributed by atoms with Gasteiger partial charge in [0.25, 0.3) is 3.79 Å². The SMILES string of the molecule is CC(=O)OC[C@@H]1O[C@H](OC(=N)C(Cl)(Cl)Cl)C(O)[C@@H](C)[C@@H]1O[C@@H]1OC(CO[C@H]2OC[C@@H](C)[C@H](C)C2OC(C)=O)[C@@H](O[C@@H]2O[C@@H](CO[C@H]3OC[C@@H](C)C(C)C3OC(C)=O)[C@@H](O[C@@H]3OC(CO[C@H]4OC[C@@H](C)[C@H](C)C4OC(C)=O)[C@@H](C)[C@H](C)C3OC(C)=O)[C@H](C)C2OC(C)=O)[C@H](C)C1OC(C)=O. The van der Waals surface area contributed by atoms with Crippen molar-refractivity contribution in [3.05, 3.63) is 0 Å². The number of ether oxygens (including phenoxy) is 21. The maximum absolute atomic E-state index is 13.6. The average molecular weight is 1480 g/mol. The van der Waals surface area contributed by atoms with Gasteiger partial charge in [-0.2, -0.15) is 0 Å². The number of aliphatic hydroxyl groups excluding tert-OH is 1. The van der Waals surface area contributed by atoms with Crippen LogP contribution in [0.25, 0.3) is 0 Å². The number of carbonyl (C=O) groups excluding carboxylic acids is 7. The van der Waals surface area contributed by atoms with Gasteiger partial charge in [0.2, 0.25) is 12.2 Å². The largest absolute Gasteiger partial charge is 0.463 e. The highest BCUT2D eigenvalue weighted by atomic mass is 35.6. The van der Waals surface area contributed by atoms with Gasteiger partial charge < -0.3 is 105 Å². The van der Waals surface area contributed by atoms with E-state index in [1.54, 1.807) is 20.8 Å². The minimum Gasteiger partial charge on any atom is -0.463 e. The number of hydrogen-bond donors (Lipinski definition) is 2. The second-order valence-corrected chi connectivity index (χ2v) is 29.8. The van der Waals surface area contributed by atoms with Crippen molar-refractivity contribution in [2.45, 2.75) is 258 Å². The van der Waals surface area contributed by atoms with Crippen molar-refractivity contribution in [1.82, 2.24) is 0 Å². The number of hydrogen-bond acceptors (Lipinski definition) is 30. The third kappa shape index (κ3) is 21.4. The lowest BCUT2D eigenvalue weighted by molar-refractivity contribution is -0.382. The van der Waals surface area contributed by atoms with Crippen molar-refractivity contribution >= 4 is 82.5 Å². The van der Waals surface area contributed by atoms with Crippen LogP contribution in [0.5, 0.6) is 0 Å². The molecule has 7 heterocycles. The van der Waals surface area contributed by atoms with E-state index in [1.165, 1.54) is 34.6 Å². The summed E-state index contributed by atoms with van der Waals surface area (Å²) < 4.78 is 130. The summed E-state index contributed by atoms with van der Waals surface area (Å²) in [4.78, 5) is 90.1. The predicted molar refractivity (Wildman–Crippen MR) is 342 cm³/mol. The lowest BCUT2D eigenvalue weighted by atomic mass is 9.83. The quantitative estimate of drug-likeness (QED) is 0.0366. The normalized spacial score (nSPS) is 42.0. The third-order valence-electron chi connectivity index (χ3n) is 20.0. The first-order valence-electron chi connectivity index (χ1n) is 33.8. The molecule has 7 aliphatic heterocycles. The molecule has 10 unspecified atom stereocenters. The number of aliphatic hydroxyl groups is 1. The number of halogens is 3. The molecule has 0 aromatic heterocycles. The molecule has 0 aliphatic carbocycles. The summed E-state index contributed by atoms with van der Waals surface area (Å²) >= 11 is 17.8. The molecule has 7 aliphatic rings. The van der Waals surface area contributed by atoms with Gasteiger partial charge in [-0.3, -0.25) is 39.0 Å². The standard InChI is InChI=1S/C66H102Cl3NO29/c1-26-19-80-59(52(29(26)4)86-38(13)72)83-22-44-32(7)33(8)55(89-41(16)75)62(92-44)97-50-35(10)57(91-43(18)77)64(95-46(50)24-84-60-53(87-39(14)73)30(5)27(2)20-81-60)98-51-36(11)56(90-42(17)76)63(94-47(51)25-85-61-54(88-40(15)74)31(6)28(3)21-82-61)96-49-34(9)48(78)58(99-65(70)66(67,68)69)93-45(49)23-79-37(12)71/h26-36,44-64,70,78H,19-25H2,1-18H3/t26-,27-,28-,29+,30?,31+,32+,33+,34-,35+,36+,44?,45+,46+,47?,48?,49+,50+,51+,52?,53?,54?,55?,56?,57?,58-,59-,60-,61-,62+,63+,64+/m1/s1. The average Bonchev–Trinajstić information content (AvgIpc) is 0.767. The Balaban J connectivity index is 1.29. The second-order valence-electron chi connectivity index (χ2n) is 27.6. The first kappa shape index (κ1) is 82.4. The van der Waals surface area contributed by atoms with Gasteiger partial charge in [-0.15, -0.1) is 0 Å². The smallest absolute Gasteiger partial charge is 0.303 e. The fourth-order valence-corrected chi connectivity index (χ4v) is 13.5. The van der Waals surface area contributed by atoms with Crippen LogP contribution in [0.1, 0.15) is 125 Å². The lowest BCUT2D eigenvalue weighted by Gasteiger charge is -2.51. The van der Waals surface area contributed by atoms with Crippen molar-refractivity contribution < 1.29 is 138 Å². The number of alkyl halides is 3. The van der Waals surface area contributed by atoms with Gasteiger partial charge in [-0.25, -0.2) is 0 Å². The molecule has 30 nitrogen and oxygen atoms in total. The van der Waals surface area contributed by atoms with Crippen LogP contribution in [-0.4, -0.2) is 232 Å². The van der Waals surface area contributed by atoms with Gasteiger partial charge in [0.05, 0.1) is 64.1 Å². The monoisotopic (exact) mass is 1480 g/mol. The molecule has 0 radical (unpaired) electrons. The number of nitrogens with one attached hydrogen (secondary N) is 1. The van der Waals surface area contributed by atoms with Crippen LogP contribution in [0.3, 0.4) is 0 Å². The van der Waals surface area contributed by atoms with Crippen LogP contribution in [0.2, 0.25) is 0 Å². The Labute approximate surface area is 592 Å². The van der Waals surface area contributed by atoms with Gasteiger partial charge in [-0.05, 0) is 23.7 Å². The molecule has 32 atom stereocenters. The predicted octanol–water partition coefficient (Wildman–Crippen LogP) is 6.04. The van der Waals surface area contributed by atoms with Crippen molar-refractivity contribution in [3.63, 3.8) is 0 Å². The molecule has 7 saturated heterocycles. The highest BCUT2D eigenvalue weighted by Gasteiger charge is 2.58. The van der Waals surface area contributed by atoms with E-state index in [-0.39, 0.29) is 61.2 Å². The summed E-state index contributed by atoms with van der Waals surface area (Å²) in [5, 5.41) is 20.0. The molecule has 7 rings (SSSR count). The molecule has 0 amide bonds. The summed E-state index contributed by atoms with van der Waals surface area (Å²) in [6, 6.07) is 0. The minimum atomic E-state index is -2.37. The van der Waals surface area contributed by atoms with E-state index >= 15 is 0 Å². The number of esters is 7. The molecule has 566 valence electrons. The Bertz CT molecular complexity index is 2730. The van der Waals surface area contributed by atoms with Crippen LogP contribution in [0.4, 0.5) is 0 Å². The summed E-state index contributed by atoms with van der Waals surface area (Å²) in [5.74, 6) is -10.2. The highest BCUT2D eigenvalue weighted by Crippen LogP contribution is 2.44. The zero-order valence-electron chi connectivity index (χ0n) is 59.4. The topological polar surface area (TPSA) is 357 Å². The highest BCUT2D eigenvalue weighted by molar-refractivity contribution is 6.76. The first-order chi connectivity index (χ1) is 46.4. The molecular weight excluding hydrogens is 1380 g/mol. The molecule has 2 N–H and O–H groups in total. The maximum Gasteiger partial charge on any atom is 0.303 e. The first-order valence-corrected chi connectivity index (χ1v) is 34.9. The fraction of sp³-hybridized carbons (Fsp3) is 0.879. The Hall–Kier alpha value is -3.93. The fourth-order valence-electron chi connectivity index (χ4n) is 13.4. The number of rotatable bonds is 24. The third-order valence-corrected chi connectivity index (χ3v) is 20.5. The minimum absolute atomic E-state index is 0.0388. The van der Waals surface area contributed by atoms with Crippen molar-refractivity contribution in [2.24, 2.45) is 65.1 Å². The zero-order chi connectivity index (χ0) is 73.4. The molecule has 0 aromatic rings. The van der Waals surface area contributed by atoms with E-state index in [0.29, 0.717) is 6.61 Å². The second kappa shape index (κ2) is 36.2. The van der Waals surface area contributed by atoms with E-state index in [1.807, 2.05) is 55.4 Å². The van der Waals surface area contributed by atoms with Crippen LogP contribution in [-0.2, 0) is 133 Å². The molecule has 99 heavy (non-hydrogen) atoms. The molecule has 0 bridgehead atoms. The summed E-state index contributed by atoms with van der Waals surface area (Å²) in [7, 11) is 0. The van der Waals surface area contributed by atoms with Gasteiger partial charge >= 0.3 is 41.8 Å². The van der Waals surface area contributed by atoms with Crippen molar-refractivity contribution in [2.75, 3.05) is 46.2 Å². The van der Waals surface area contributed by atoms with E-state index in [9.17, 15) is 38.7 Å². The van der Waals surface area contributed by atoms with Crippen LogP contribution in [0, 0.1) is 70.5 Å². The van der Waals surface area contributed by atoms with Crippen molar-refractivity contribution in [3.8, 4) is 0 Å². The van der Waals surface area contributed by atoms with Crippen LogP contribution >= 0.6 is 34.8 Å². The molecule has 0 saturated carbocycles. The van der Waals surface area contributed by atoms with Crippen LogP contribution < -0.4 is 0 Å². The molecule has 7 fully saturated rings. The molecule has 0 spiro atoms. The molecule has 33 heteroatoms. The Morgan fingerprint density at radius 2 is 0.636 bits per heavy atom. The van der Waals surface area contributed by atoms with E-state index < -0.39 is 224 Å².